The standard InChI is InChI=1S/C12H20O2/c1-4-11-8-6-7-9-12(11,5-2)14-10(3)13/h5,11H,2,4,6-9H2,1,3H3. The summed E-state index contributed by atoms with van der Waals surface area (Å²) in [6.45, 7) is 7.46. The average Bonchev–Trinajstić information content (AvgIpc) is 2.17. The van der Waals surface area contributed by atoms with E-state index in [1.54, 1.807) is 0 Å². The Balaban J connectivity index is 2.81. The van der Waals surface area contributed by atoms with Crippen molar-refractivity contribution in [3.8, 4) is 0 Å². The summed E-state index contributed by atoms with van der Waals surface area (Å²) in [6.07, 6.45) is 7.36. The molecule has 1 fully saturated rings. The van der Waals surface area contributed by atoms with Crippen molar-refractivity contribution in [1.82, 2.24) is 0 Å². The predicted octanol–water partition coefficient (Wildman–Crippen LogP) is 3.07. The molecular formula is C12H20O2. The quantitative estimate of drug-likeness (QED) is 0.512. The van der Waals surface area contributed by atoms with E-state index in [1.807, 2.05) is 6.08 Å². The smallest absolute Gasteiger partial charge is 0.303 e. The lowest BCUT2D eigenvalue weighted by Crippen LogP contribution is -2.42. The molecule has 0 amide bonds. The third kappa shape index (κ3) is 2.17. The van der Waals surface area contributed by atoms with Gasteiger partial charge in [-0.3, -0.25) is 4.79 Å². The molecule has 2 unspecified atom stereocenters. The zero-order chi connectivity index (χ0) is 10.6. The second-order valence-corrected chi connectivity index (χ2v) is 4.10. The Morgan fingerprint density at radius 2 is 2.36 bits per heavy atom. The maximum absolute atomic E-state index is 11.1. The number of esters is 1. The minimum atomic E-state index is -0.376. The highest BCUT2D eigenvalue weighted by molar-refractivity contribution is 5.67. The molecule has 2 nitrogen and oxygen atoms in total. The van der Waals surface area contributed by atoms with Gasteiger partial charge in [0.2, 0.25) is 0 Å². The van der Waals surface area contributed by atoms with Gasteiger partial charge in [-0.2, -0.15) is 0 Å². The van der Waals surface area contributed by atoms with E-state index in [2.05, 4.69) is 13.5 Å². The van der Waals surface area contributed by atoms with E-state index in [4.69, 9.17) is 4.74 Å². The zero-order valence-corrected chi connectivity index (χ0v) is 9.21. The number of rotatable bonds is 3. The van der Waals surface area contributed by atoms with Gasteiger partial charge < -0.3 is 4.74 Å². The van der Waals surface area contributed by atoms with Gasteiger partial charge in [0, 0.05) is 12.8 Å². The Labute approximate surface area is 86.3 Å². The molecule has 1 rings (SSSR count). The maximum atomic E-state index is 11.1. The highest BCUT2D eigenvalue weighted by Crippen LogP contribution is 2.39. The van der Waals surface area contributed by atoms with Crippen LogP contribution in [0.4, 0.5) is 0 Å². The average molecular weight is 196 g/mol. The summed E-state index contributed by atoms with van der Waals surface area (Å²) in [4.78, 5) is 11.1. The monoisotopic (exact) mass is 196 g/mol. The normalized spacial score (nSPS) is 32.3. The Morgan fingerprint density at radius 3 is 2.86 bits per heavy atom. The lowest BCUT2D eigenvalue weighted by atomic mass is 9.74. The molecule has 0 aromatic rings. The van der Waals surface area contributed by atoms with Gasteiger partial charge in [0.25, 0.3) is 0 Å². The molecule has 0 aliphatic heterocycles. The summed E-state index contributed by atoms with van der Waals surface area (Å²) in [5, 5.41) is 0. The van der Waals surface area contributed by atoms with Crippen molar-refractivity contribution in [1.29, 1.82) is 0 Å². The third-order valence-corrected chi connectivity index (χ3v) is 3.23. The van der Waals surface area contributed by atoms with E-state index in [0.717, 1.165) is 25.7 Å². The molecule has 0 spiro atoms. The molecule has 0 saturated heterocycles. The number of carbonyl (C=O) groups is 1. The van der Waals surface area contributed by atoms with E-state index < -0.39 is 0 Å². The molecule has 1 aliphatic carbocycles. The summed E-state index contributed by atoms with van der Waals surface area (Å²) in [5.74, 6) is 0.267. The SMILES string of the molecule is C=CC1(OC(C)=O)CCCCC1CC. The number of ether oxygens (including phenoxy) is 1. The highest BCUT2D eigenvalue weighted by Gasteiger charge is 2.39. The summed E-state index contributed by atoms with van der Waals surface area (Å²) in [5.41, 5.74) is -0.376. The lowest BCUT2D eigenvalue weighted by molar-refractivity contribution is -0.160. The van der Waals surface area contributed by atoms with Gasteiger partial charge in [-0.05, 0) is 31.8 Å². The van der Waals surface area contributed by atoms with Gasteiger partial charge in [-0.15, -0.1) is 0 Å². The van der Waals surface area contributed by atoms with Gasteiger partial charge in [-0.25, -0.2) is 0 Å². The van der Waals surface area contributed by atoms with Crippen LogP contribution >= 0.6 is 0 Å². The van der Waals surface area contributed by atoms with E-state index in [0.29, 0.717) is 5.92 Å². The molecule has 0 bridgehead atoms. The van der Waals surface area contributed by atoms with Crippen molar-refractivity contribution in [3.63, 3.8) is 0 Å². The molecule has 0 N–H and O–H groups in total. The number of carbonyl (C=O) groups excluding carboxylic acids is 1. The van der Waals surface area contributed by atoms with Crippen molar-refractivity contribution < 1.29 is 9.53 Å². The van der Waals surface area contributed by atoms with Crippen LogP contribution in [-0.4, -0.2) is 11.6 Å². The first-order valence-corrected chi connectivity index (χ1v) is 5.48. The van der Waals surface area contributed by atoms with Crippen LogP contribution < -0.4 is 0 Å². The first-order valence-electron chi connectivity index (χ1n) is 5.48. The van der Waals surface area contributed by atoms with E-state index in [-0.39, 0.29) is 11.6 Å². The molecule has 0 aromatic carbocycles. The summed E-state index contributed by atoms with van der Waals surface area (Å²) >= 11 is 0. The van der Waals surface area contributed by atoms with Gasteiger partial charge in [0.05, 0.1) is 0 Å². The van der Waals surface area contributed by atoms with E-state index in [9.17, 15) is 4.79 Å². The van der Waals surface area contributed by atoms with Crippen LogP contribution in [0.2, 0.25) is 0 Å². The molecule has 80 valence electrons. The molecule has 0 aromatic heterocycles. The van der Waals surface area contributed by atoms with Crippen LogP contribution in [0, 0.1) is 5.92 Å². The fraction of sp³-hybridized carbons (Fsp3) is 0.750. The second kappa shape index (κ2) is 4.63. The molecule has 1 aliphatic rings. The van der Waals surface area contributed by atoms with Crippen LogP contribution in [0.5, 0.6) is 0 Å². The Morgan fingerprint density at radius 1 is 1.64 bits per heavy atom. The minimum absolute atomic E-state index is 0.190. The third-order valence-electron chi connectivity index (χ3n) is 3.23. The van der Waals surface area contributed by atoms with Gasteiger partial charge >= 0.3 is 5.97 Å². The van der Waals surface area contributed by atoms with Crippen molar-refractivity contribution in [2.45, 2.75) is 51.6 Å². The molecular weight excluding hydrogens is 176 g/mol. The predicted molar refractivity (Wildman–Crippen MR) is 56.9 cm³/mol. The molecule has 0 heterocycles. The largest absolute Gasteiger partial charge is 0.455 e. The lowest BCUT2D eigenvalue weighted by Gasteiger charge is -2.40. The fourth-order valence-corrected chi connectivity index (χ4v) is 2.50. The first-order chi connectivity index (χ1) is 6.64. The molecule has 14 heavy (non-hydrogen) atoms. The summed E-state index contributed by atoms with van der Waals surface area (Å²) in [7, 11) is 0. The molecule has 1 saturated carbocycles. The Kier molecular flexibility index (Phi) is 3.73. The van der Waals surface area contributed by atoms with Crippen molar-refractivity contribution in [3.05, 3.63) is 12.7 Å². The van der Waals surface area contributed by atoms with E-state index in [1.165, 1.54) is 13.3 Å². The molecule has 2 atom stereocenters. The Bertz CT molecular complexity index is 222. The second-order valence-electron chi connectivity index (χ2n) is 4.10. The van der Waals surface area contributed by atoms with Gasteiger partial charge in [0.1, 0.15) is 5.60 Å². The number of hydrogen-bond donors (Lipinski definition) is 0. The van der Waals surface area contributed by atoms with E-state index >= 15 is 0 Å². The topological polar surface area (TPSA) is 26.3 Å². The summed E-state index contributed by atoms with van der Waals surface area (Å²) in [6, 6.07) is 0. The van der Waals surface area contributed by atoms with Crippen molar-refractivity contribution in [2.75, 3.05) is 0 Å². The number of hydrogen-bond acceptors (Lipinski definition) is 2. The van der Waals surface area contributed by atoms with Crippen molar-refractivity contribution >= 4 is 5.97 Å². The van der Waals surface area contributed by atoms with Crippen LogP contribution in [0.3, 0.4) is 0 Å². The molecule has 0 radical (unpaired) electrons. The van der Waals surface area contributed by atoms with Crippen LogP contribution in [0.15, 0.2) is 12.7 Å². The highest BCUT2D eigenvalue weighted by atomic mass is 16.6. The van der Waals surface area contributed by atoms with Crippen LogP contribution in [0.1, 0.15) is 46.0 Å². The van der Waals surface area contributed by atoms with Crippen LogP contribution in [0.25, 0.3) is 0 Å². The maximum Gasteiger partial charge on any atom is 0.303 e. The molecule has 2 heteroatoms. The van der Waals surface area contributed by atoms with Gasteiger partial charge in [-0.1, -0.05) is 19.9 Å². The first kappa shape index (κ1) is 11.3. The minimum Gasteiger partial charge on any atom is -0.455 e. The zero-order valence-electron chi connectivity index (χ0n) is 9.21. The Hall–Kier alpha value is -0.790. The summed E-state index contributed by atoms with van der Waals surface area (Å²) < 4.78 is 5.47. The van der Waals surface area contributed by atoms with Gasteiger partial charge in [0.15, 0.2) is 0 Å². The van der Waals surface area contributed by atoms with Crippen LogP contribution in [-0.2, 0) is 9.53 Å². The van der Waals surface area contributed by atoms with Crippen molar-refractivity contribution in [2.24, 2.45) is 5.92 Å². The fourth-order valence-electron chi connectivity index (χ4n) is 2.50.